The molecule has 0 saturated carbocycles. The van der Waals surface area contributed by atoms with Crippen molar-refractivity contribution in [2.24, 2.45) is 5.92 Å². The second-order valence-electron chi connectivity index (χ2n) is 4.97. The van der Waals surface area contributed by atoms with Gasteiger partial charge in [-0.05, 0) is 45.6 Å². The van der Waals surface area contributed by atoms with E-state index in [1.165, 1.54) is 12.8 Å². The molecular weight excluding hydrogens is 200 g/mol. The first-order valence-electron chi connectivity index (χ1n) is 6.38. The molecule has 0 bridgehead atoms. The summed E-state index contributed by atoms with van der Waals surface area (Å²) >= 11 is 0. The summed E-state index contributed by atoms with van der Waals surface area (Å²) in [5, 5.41) is 3.57. The number of piperidine rings is 2. The van der Waals surface area contributed by atoms with E-state index in [4.69, 9.17) is 0 Å². The fraction of sp³-hybridized carbons (Fsp3) is 0.769. The van der Waals surface area contributed by atoms with Gasteiger partial charge < -0.3 is 10.2 Å². The molecule has 0 aromatic rings. The number of nitrogens with one attached hydrogen (secondary N) is 1. The zero-order valence-corrected chi connectivity index (χ0v) is 10.3. The molecule has 1 amide bonds. The van der Waals surface area contributed by atoms with Gasteiger partial charge in [0.05, 0.1) is 0 Å². The molecule has 3 nitrogen and oxygen atoms in total. The molecule has 2 heterocycles. The lowest BCUT2D eigenvalue weighted by atomic mass is 9.85. The van der Waals surface area contributed by atoms with Crippen LogP contribution in [0.3, 0.4) is 0 Å². The van der Waals surface area contributed by atoms with E-state index in [1.807, 2.05) is 24.8 Å². The molecule has 0 aromatic carbocycles. The van der Waals surface area contributed by atoms with Crippen molar-refractivity contribution in [2.75, 3.05) is 19.6 Å². The van der Waals surface area contributed by atoms with Gasteiger partial charge in [-0.25, -0.2) is 0 Å². The number of likely N-dealkylation sites (tertiary alicyclic amines) is 1. The van der Waals surface area contributed by atoms with Crippen LogP contribution in [-0.4, -0.2) is 36.5 Å². The SMILES string of the molecule is C/C=C(\C)C(=O)N1CC[C@@H]2NCCC[C@H]2C1. The number of nitrogens with zero attached hydrogens (tertiary/aromatic N) is 1. The largest absolute Gasteiger partial charge is 0.339 e. The van der Waals surface area contributed by atoms with Crippen molar-refractivity contribution in [3.05, 3.63) is 11.6 Å². The number of allylic oxidation sites excluding steroid dienone is 1. The van der Waals surface area contributed by atoms with Gasteiger partial charge in [-0.1, -0.05) is 6.08 Å². The van der Waals surface area contributed by atoms with E-state index in [0.29, 0.717) is 12.0 Å². The molecule has 16 heavy (non-hydrogen) atoms. The van der Waals surface area contributed by atoms with Crippen LogP contribution in [-0.2, 0) is 4.79 Å². The van der Waals surface area contributed by atoms with Gasteiger partial charge in [-0.2, -0.15) is 0 Å². The summed E-state index contributed by atoms with van der Waals surface area (Å²) in [6, 6.07) is 0.656. The number of rotatable bonds is 1. The van der Waals surface area contributed by atoms with Gasteiger partial charge in [0.25, 0.3) is 0 Å². The highest BCUT2D eigenvalue weighted by Crippen LogP contribution is 2.25. The molecule has 1 N–H and O–H groups in total. The van der Waals surface area contributed by atoms with E-state index in [1.54, 1.807) is 0 Å². The summed E-state index contributed by atoms with van der Waals surface area (Å²) in [6.07, 6.45) is 5.56. The second kappa shape index (κ2) is 5.00. The number of fused-ring (bicyclic) bond motifs is 1. The van der Waals surface area contributed by atoms with Crippen LogP contribution in [0, 0.1) is 5.92 Å². The van der Waals surface area contributed by atoms with Crippen molar-refractivity contribution in [1.82, 2.24) is 10.2 Å². The minimum atomic E-state index is 0.228. The van der Waals surface area contributed by atoms with Gasteiger partial charge >= 0.3 is 0 Å². The molecular formula is C13H22N2O. The molecule has 0 aliphatic carbocycles. The zero-order valence-electron chi connectivity index (χ0n) is 10.3. The van der Waals surface area contributed by atoms with E-state index in [0.717, 1.165) is 31.6 Å². The Labute approximate surface area is 97.9 Å². The maximum absolute atomic E-state index is 12.0. The van der Waals surface area contributed by atoms with E-state index < -0.39 is 0 Å². The van der Waals surface area contributed by atoms with Gasteiger partial charge in [-0.15, -0.1) is 0 Å². The van der Waals surface area contributed by atoms with Crippen molar-refractivity contribution in [2.45, 2.75) is 39.2 Å². The maximum atomic E-state index is 12.0. The van der Waals surface area contributed by atoms with Crippen molar-refractivity contribution in [1.29, 1.82) is 0 Å². The Balaban J connectivity index is 1.97. The van der Waals surface area contributed by atoms with Gasteiger partial charge in [0, 0.05) is 24.7 Å². The molecule has 2 saturated heterocycles. The normalized spacial score (nSPS) is 31.1. The first-order valence-corrected chi connectivity index (χ1v) is 6.38. The van der Waals surface area contributed by atoms with Crippen molar-refractivity contribution in [3.63, 3.8) is 0 Å². The Morgan fingerprint density at radius 3 is 3.00 bits per heavy atom. The van der Waals surface area contributed by atoms with Gasteiger partial charge in [0.2, 0.25) is 5.91 Å². The standard InChI is InChI=1S/C13H22N2O/c1-3-10(2)13(16)15-8-6-12-11(9-15)5-4-7-14-12/h3,11-12,14H,4-9H2,1-2H3/b10-3+/t11-,12-/m0/s1. The van der Waals surface area contributed by atoms with E-state index >= 15 is 0 Å². The van der Waals surface area contributed by atoms with Crippen molar-refractivity contribution >= 4 is 5.91 Å². The highest BCUT2D eigenvalue weighted by atomic mass is 16.2. The number of amides is 1. The predicted octanol–water partition coefficient (Wildman–Crippen LogP) is 1.55. The first kappa shape index (κ1) is 11.6. The van der Waals surface area contributed by atoms with Crippen LogP contribution in [0.25, 0.3) is 0 Å². The number of carbonyl (C=O) groups is 1. The second-order valence-corrected chi connectivity index (χ2v) is 4.97. The molecule has 0 aromatic heterocycles. The Kier molecular flexibility index (Phi) is 3.64. The van der Waals surface area contributed by atoms with E-state index in [-0.39, 0.29) is 5.91 Å². The summed E-state index contributed by atoms with van der Waals surface area (Å²) in [4.78, 5) is 14.1. The van der Waals surface area contributed by atoms with Gasteiger partial charge in [0.15, 0.2) is 0 Å². The minimum absolute atomic E-state index is 0.228. The summed E-state index contributed by atoms with van der Waals surface area (Å²) in [5.41, 5.74) is 0.877. The summed E-state index contributed by atoms with van der Waals surface area (Å²) < 4.78 is 0. The molecule has 0 spiro atoms. The fourth-order valence-electron chi connectivity index (χ4n) is 2.80. The topological polar surface area (TPSA) is 32.3 Å². The van der Waals surface area contributed by atoms with E-state index in [2.05, 4.69) is 5.32 Å². The van der Waals surface area contributed by atoms with Crippen LogP contribution >= 0.6 is 0 Å². The number of carbonyl (C=O) groups excluding carboxylic acids is 1. The number of hydrogen-bond donors (Lipinski definition) is 1. The van der Waals surface area contributed by atoms with Gasteiger partial charge in [-0.3, -0.25) is 4.79 Å². The first-order chi connectivity index (χ1) is 7.72. The molecule has 2 rings (SSSR count). The van der Waals surface area contributed by atoms with Crippen LogP contribution in [0.1, 0.15) is 33.1 Å². The molecule has 2 fully saturated rings. The molecule has 2 aliphatic rings. The van der Waals surface area contributed by atoms with Crippen LogP contribution in [0.4, 0.5) is 0 Å². The van der Waals surface area contributed by atoms with Crippen LogP contribution in [0.15, 0.2) is 11.6 Å². The van der Waals surface area contributed by atoms with Crippen LogP contribution in [0.2, 0.25) is 0 Å². The molecule has 0 radical (unpaired) electrons. The van der Waals surface area contributed by atoms with Crippen LogP contribution < -0.4 is 5.32 Å². The quantitative estimate of drug-likeness (QED) is 0.683. The molecule has 0 unspecified atom stereocenters. The predicted molar refractivity (Wildman–Crippen MR) is 65.1 cm³/mol. The summed E-state index contributed by atoms with van der Waals surface area (Å²) in [5.74, 6) is 0.905. The van der Waals surface area contributed by atoms with Crippen molar-refractivity contribution in [3.8, 4) is 0 Å². The number of hydrogen-bond acceptors (Lipinski definition) is 2. The van der Waals surface area contributed by atoms with E-state index in [9.17, 15) is 4.79 Å². The Morgan fingerprint density at radius 1 is 1.44 bits per heavy atom. The third-order valence-corrected chi connectivity index (χ3v) is 3.95. The highest BCUT2D eigenvalue weighted by molar-refractivity contribution is 5.92. The average molecular weight is 222 g/mol. The molecule has 3 heteroatoms. The Hall–Kier alpha value is -0.830. The van der Waals surface area contributed by atoms with Gasteiger partial charge in [0.1, 0.15) is 0 Å². The molecule has 2 aliphatic heterocycles. The van der Waals surface area contributed by atoms with Crippen molar-refractivity contribution < 1.29 is 4.79 Å². The maximum Gasteiger partial charge on any atom is 0.249 e. The fourth-order valence-corrected chi connectivity index (χ4v) is 2.80. The lowest BCUT2D eigenvalue weighted by Gasteiger charge is -2.41. The Morgan fingerprint density at radius 2 is 2.25 bits per heavy atom. The third-order valence-electron chi connectivity index (χ3n) is 3.95. The monoisotopic (exact) mass is 222 g/mol. The smallest absolute Gasteiger partial charge is 0.249 e. The van der Waals surface area contributed by atoms with Crippen LogP contribution in [0.5, 0.6) is 0 Å². The average Bonchev–Trinajstić information content (AvgIpc) is 2.36. The lowest BCUT2D eigenvalue weighted by molar-refractivity contribution is -0.129. The lowest BCUT2D eigenvalue weighted by Crippen LogP contribution is -2.53. The summed E-state index contributed by atoms with van der Waals surface area (Å²) in [7, 11) is 0. The molecule has 2 atom stereocenters. The zero-order chi connectivity index (χ0) is 11.5. The Bertz CT molecular complexity index is 298. The minimum Gasteiger partial charge on any atom is -0.339 e. The third kappa shape index (κ3) is 2.29. The summed E-state index contributed by atoms with van der Waals surface area (Å²) in [6.45, 7) is 6.86. The molecule has 90 valence electrons. The highest BCUT2D eigenvalue weighted by Gasteiger charge is 2.32.